The lowest BCUT2D eigenvalue weighted by molar-refractivity contribution is -0.0716. The Kier molecular flexibility index (Phi) is 3.48. The van der Waals surface area contributed by atoms with Crippen LogP contribution in [-0.2, 0) is 0 Å². The van der Waals surface area contributed by atoms with Crippen molar-refractivity contribution >= 4 is 11.6 Å². The van der Waals surface area contributed by atoms with Gasteiger partial charge in [0.25, 0.3) is 11.7 Å². The van der Waals surface area contributed by atoms with Crippen molar-refractivity contribution in [1.82, 2.24) is 9.78 Å². The normalized spacial score (nSPS) is 17.6. The summed E-state index contributed by atoms with van der Waals surface area (Å²) in [7, 11) is 0. The molecule has 1 spiro atoms. The van der Waals surface area contributed by atoms with Crippen LogP contribution in [0.3, 0.4) is 0 Å². The van der Waals surface area contributed by atoms with Crippen LogP contribution in [0.5, 0.6) is 11.5 Å². The van der Waals surface area contributed by atoms with Crippen LogP contribution in [0.1, 0.15) is 56.1 Å². The van der Waals surface area contributed by atoms with Crippen LogP contribution in [0.15, 0.2) is 30.5 Å². The molecule has 2 aromatic rings. The number of carbonyl (C=O) groups is 1. The number of anilines is 1. The van der Waals surface area contributed by atoms with Crippen molar-refractivity contribution in [1.29, 1.82) is 0 Å². The number of nitrogens with one attached hydrogen (secondary N) is 1. The number of carbonyl (C=O) groups excluding carboxylic acids is 1. The first kappa shape index (κ1) is 15.1. The summed E-state index contributed by atoms with van der Waals surface area (Å²) in [5.41, 5.74) is 1.07. The Labute approximate surface area is 140 Å². The lowest BCUT2D eigenvalue weighted by Gasteiger charge is -2.21. The highest BCUT2D eigenvalue weighted by molar-refractivity contribution is 6.02. The molecular weight excluding hydrogens is 306 g/mol. The van der Waals surface area contributed by atoms with Gasteiger partial charge in [-0.1, -0.05) is 0 Å². The van der Waals surface area contributed by atoms with E-state index in [1.54, 1.807) is 10.7 Å². The number of fused-ring (bicyclic) bond motifs is 1. The predicted molar refractivity (Wildman–Crippen MR) is 89.5 cm³/mol. The van der Waals surface area contributed by atoms with Crippen molar-refractivity contribution in [3.63, 3.8) is 0 Å². The van der Waals surface area contributed by atoms with E-state index in [1.165, 1.54) is 0 Å². The van der Waals surface area contributed by atoms with Crippen LogP contribution in [-0.4, -0.2) is 21.5 Å². The Hall–Kier alpha value is -2.50. The Morgan fingerprint density at radius 1 is 1.21 bits per heavy atom. The fraction of sp³-hybridized carbons (Fsp3) is 0.444. The molecule has 2 heterocycles. The highest BCUT2D eigenvalue weighted by Crippen LogP contribution is 2.47. The van der Waals surface area contributed by atoms with Crippen LogP contribution in [0.25, 0.3) is 0 Å². The fourth-order valence-electron chi connectivity index (χ4n) is 3.23. The van der Waals surface area contributed by atoms with Crippen LogP contribution < -0.4 is 14.8 Å². The summed E-state index contributed by atoms with van der Waals surface area (Å²) in [4.78, 5) is 12.3. The molecule has 1 aliphatic carbocycles. The van der Waals surface area contributed by atoms with E-state index in [2.05, 4.69) is 10.4 Å². The van der Waals surface area contributed by atoms with E-state index < -0.39 is 5.79 Å². The summed E-state index contributed by atoms with van der Waals surface area (Å²) in [6, 6.07) is 7.44. The molecule has 1 aliphatic heterocycles. The maximum absolute atomic E-state index is 12.3. The van der Waals surface area contributed by atoms with Crippen LogP contribution >= 0.6 is 0 Å². The van der Waals surface area contributed by atoms with E-state index in [9.17, 15) is 4.79 Å². The van der Waals surface area contributed by atoms with Crippen LogP contribution in [0, 0.1) is 0 Å². The average Bonchev–Trinajstić information content (AvgIpc) is 3.26. The molecule has 1 fully saturated rings. The number of ether oxygens (including phenoxy) is 2. The molecule has 0 bridgehead atoms. The van der Waals surface area contributed by atoms with Crippen molar-refractivity contribution in [2.75, 3.05) is 5.32 Å². The van der Waals surface area contributed by atoms with E-state index in [0.717, 1.165) is 31.4 Å². The molecule has 0 unspecified atom stereocenters. The SMILES string of the molecule is CC(C)n1ccc(C(=O)Nc2ccc3c(c2)OC2(CCCC2)O3)n1. The zero-order valence-electron chi connectivity index (χ0n) is 13.9. The third-order valence-electron chi connectivity index (χ3n) is 4.53. The van der Waals surface area contributed by atoms with Gasteiger partial charge in [-0.25, -0.2) is 0 Å². The van der Waals surface area contributed by atoms with Gasteiger partial charge in [0.1, 0.15) is 0 Å². The number of nitrogens with zero attached hydrogens (tertiary/aromatic N) is 2. The van der Waals surface area contributed by atoms with E-state index in [0.29, 0.717) is 17.1 Å². The second kappa shape index (κ2) is 5.54. The predicted octanol–water partition coefficient (Wildman–Crippen LogP) is 3.76. The summed E-state index contributed by atoms with van der Waals surface area (Å²) >= 11 is 0. The topological polar surface area (TPSA) is 65.4 Å². The van der Waals surface area contributed by atoms with Crippen molar-refractivity contribution in [3.05, 3.63) is 36.2 Å². The van der Waals surface area contributed by atoms with E-state index in [-0.39, 0.29) is 11.9 Å². The van der Waals surface area contributed by atoms with Crippen molar-refractivity contribution in [2.45, 2.75) is 51.4 Å². The van der Waals surface area contributed by atoms with Crippen LogP contribution in [0.4, 0.5) is 5.69 Å². The minimum atomic E-state index is -0.485. The van der Waals surface area contributed by atoms with Crippen molar-refractivity contribution in [3.8, 4) is 11.5 Å². The summed E-state index contributed by atoms with van der Waals surface area (Å²) in [5.74, 6) is 0.728. The minimum absolute atomic E-state index is 0.222. The zero-order chi connectivity index (χ0) is 16.7. The van der Waals surface area contributed by atoms with Crippen molar-refractivity contribution < 1.29 is 14.3 Å². The second-order valence-electron chi connectivity index (χ2n) is 6.71. The summed E-state index contributed by atoms with van der Waals surface area (Å²) in [6.45, 7) is 4.04. The standard InChI is InChI=1S/C18H21N3O3/c1-12(2)21-10-7-14(20-21)17(22)19-13-5-6-15-16(11-13)24-18(23-15)8-3-4-9-18/h5-7,10-12H,3-4,8-9H2,1-2H3,(H,19,22). The molecule has 1 N–H and O–H groups in total. The maximum Gasteiger partial charge on any atom is 0.276 e. The summed E-state index contributed by atoms with van der Waals surface area (Å²) in [5, 5.41) is 7.15. The highest BCUT2D eigenvalue weighted by atomic mass is 16.7. The number of hydrogen-bond donors (Lipinski definition) is 1. The maximum atomic E-state index is 12.3. The van der Waals surface area contributed by atoms with E-state index in [4.69, 9.17) is 9.47 Å². The molecule has 1 aromatic carbocycles. The van der Waals surface area contributed by atoms with Crippen molar-refractivity contribution in [2.24, 2.45) is 0 Å². The molecule has 2 aliphatic rings. The average molecular weight is 327 g/mol. The molecule has 0 radical (unpaired) electrons. The molecule has 1 amide bonds. The van der Waals surface area contributed by atoms with Gasteiger partial charge in [-0.3, -0.25) is 9.48 Å². The van der Waals surface area contributed by atoms with Crippen LogP contribution in [0.2, 0.25) is 0 Å². The minimum Gasteiger partial charge on any atom is -0.448 e. The van der Waals surface area contributed by atoms with Gasteiger partial charge in [0.2, 0.25) is 0 Å². The number of aromatic nitrogens is 2. The highest BCUT2D eigenvalue weighted by Gasteiger charge is 2.44. The molecule has 6 heteroatoms. The first-order chi connectivity index (χ1) is 11.5. The number of hydrogen-bond acceptors (Lipinski definition) is 4. The molecule has 1 saturated carbocycles. The van der Waals surface area contributed by atoms with Gasteiger partial charge < -0.3 is 14.8 Å². The summed E-state index contributed by atoms with van der Waals surface area (Å²) in [6.07, 6.45) is 5.88. The first-order valence-corrected chi connectivity index (χ1v) is 8.43. The van der Waals surface area contributed by atoms with Gasteiger partial charge in [-0.15, -0.1) is 0 Å². The fourth-order valence-corrected chi connectivity index (χ4v) is 3.23. The quantitative estimate of drug-likeness (QED) is 0.932. The van der Waals surface area contributed by atoms with Gasteiger partial charge in [0.15, 0.2) is 17.2 Å². The molecular formula is C18H21N3O3. The zero-order valence-corrected chi connectivity index (χ0v) is 13.9. The molecule has 0 atom stereocenters. The lowest BCUT2D eigenvalue weighted by atomic mass is 10.2. The Morgan fingerprint density at radius 3 is 2.67 bits per heavy atom. The molecule has 0 saturated heterocycles. The third kappa shape index (κ3) is 2.62. The first-order valence-electron chi connectivity index (χ1n) is 8.43. The molecule has 4 rings (SSSR count). The lowest BCUT2D eigenvalue weighted by Crippen LogP contribution is -2.34. The second-order valence-corrected chi connectivity index (χ2v) is 6.71. The Bertz CT molecular complexity index is 776. The Balaban J connectivity index is 1.49. The van der Waals surface area contributed by atoms with E-state index in [1.807, 2.05) is 38.2 Å². The van der Waals surface area contributed by atoms with Gasteiger partial charge in [0.05, 0.1) is 0 Å². The Morgan fingerprint density at radius 2 is 1.96 bits per heavy atom. The van der Waals surface area contributed by atoms with Gasteiger partial charge in [-0.2, -0.15) is 5.10 Å². The van der Waals surface area contributed by atoms with Gasteiger partial charge in [0, 0.05) is 36.8 Å². The molecule has 6 nitrogen and oxygen atoms in total. The largest absolute Gasteiger partial charge is 0.448 e. The molecule has 24 heavy (non-hydrogen) atoms. The third-order valence-corrected chi connectivity index (χ3v) is 4.53. The number of amides is 1. The number of benzene rings is 1. The van der Waals surface area contributed by atoms with E-state index >= 15 is 0 Å². The smallest absolute Gasteiger partial charge is 0.276 e. The molecule has 1 aromatic heterocycles. The van der Waals surface area contributed by atoms with Gasteiger partial charge >= 0.3 is 0 Å². The monoisotopic (exact) mass is 327 g/mol. The summed E-state index contributed by atoms with van der Waals surface area (Å²) < 4.78 is 13.8. The van der Waals surface area contributed by atoms with Gasteiger partial charge in [-0.05, 0) is 44.9 Å². The molecule has 126 valence electrons. The number of rotatable bonds is 3.